The highest BCUT2D eigenvalue weighted by atomic mass is 31.2. The van der Waals surface area contributed by atoms with Gasteiger partial charge in [0.25, 0.3) is 7.82 Å². The van der Waals surface area contributed by atoms with Crippen molar-refractivity contribution in [1.82, 2.24) is 5.32 Å². The fourth-order valence-corrected chi connectivity index (χ4v) is 9.94. The van der Waals surface area contributed by atoms with Crippen LogP contribution in [0.3, 0.4) is 0 Å². The summed E-state index contributed by atoms with van der Waals surface area (Å²) in [5.41, 5.74) is 0. The highest BCUT2D eigenvalue weighted by molar-refractivity contribution is 7.45. The van der Waals surface area contributed by atoms with E-state index in [-0.39, 0.29) is 19.1 Å². The lowest BCUT2D eigenvalue weighted by Crippen LogP contribution is -2.46. The summed E-state index contributed by atoms with van der Waals surface area (Å²) in [4.78, 5) is 25.1. The molecule has 0 aliphatic carbocycles. The molecule has 0 saturated heterocycles. The third-order valence-corrected chi connectivity index (χ3v) is 14.8. The first-order chi connectivity index (χ1) is 32.0. The van der Waals surface area contributed by atoms with E-state index >= 15 is 0 Å². The van der Waals surface area contributed by atoms with Crippen molar-refractivity contribution in [3.8, 4) is 0 Å². The van der Waals surface area contributed by atoms with E-state index in [1.165, 1.54) is 238 Å². The number of rotatable bonds is 55. The van der Waals surface area contributed by atoms with E-state index in [0.717, 1.165) is 44.9 Å². The maximum atomic E-state index is 12.8. The second-order valence-electron chi connectivity index (χ2n) is 21.7. The topological polar surface area (TPSA) is 108 Å². The number of phosphoric acid groups is 1. The van der Waals surface area contributed by atoms with Crippen molar-refractivity contribution in [2.75, 3.05) is 40.9 Å². The Morgan fingerprint density at radius 2 is 0.742 bits per heavy atom. The number of hydrogen-bond acceptors (Lipinski definition) is 6. The van der Waals surface area contributed by atoms with Crippen molar-refractivity contribution in [3.63, 3.8) is 0 Å². The molecular formula is C57H117N2O6P. The number of carbonyl (C=O) groups excluding carboxylic acids is 1. The summed E-state index contributed by atoms with van der Waals surface area (Å²) in [6.45, 7) is 4.63. The molecule has 0 bridgehead atoms. The number of aliphatic hydroxyl groups excluding tert-OH is 1. The minimum atomic E-state index is -4.54. The number of likely N-dealkylation sites (N-methyl/N-ethyl adjacent to an activating group) is 1. The Kier molecular flexibility index (Phi) is 49.1. The van der Waals surface area contributed by atoms with Gasteiger partial charge in [0.05, 0.1) is 39.9 Å². The lowest BCUT2D eigenvalue weighted by Gasteiger charge is -2.30. The molecule has 0 saturated carbocycles. The highest BCUT2D eigenvalue weighted by Crippen LogP contribution is 2.38. The zero-order valence-electron chi connectivity index (χ0n) is 45.2. The van der Waals surface area contributed by atoms with Gasteiger partial charge < -0.3 is 28.8 Å². The molecule has 0 fully saturated rings. The van der Waals surface area contributed by atoms with Crippen LogP contribution < -0.4 is 10.2 Å². The van der Waals surface area contributed by atoms with E-state index < -0.39 is 20.0 Å². The van der Waals surface area contributed by atoms with Gasteiger partial charge in [-0.3, -0.25) is 9.36 Å². The molecule has 66 heavy (non-hydrogen) atoms. The van der Waals surface area contributed by atoms with E-state index in [4.69, 9.17) is 9.05 Å². The summed E-state index contributed by atoms with van der Waals surface area (Å²) in [6, 6.07) is -0.791. The van der Waals surface area contributed by atoms with Crippen LogP contribution in [0.5, 0.6) is 0 Å². The smallest absolute Gasteiger partial charge is 0.268 e. The molecule has 0 aromatic heterocycles. The minimum absolute atomic E-state index is 0.0146. The monoisotopic (exact) mass is 957 g/mol. The summed E-state index contributed by atoms with van der Waals surface area (Å²) < 4.78 is 23.1. The number of hydrogen-bond donors (Lipinski definition) is 2. The van der Waals surface area contributed by atoms with Crippen molar-refractivity contribution in [2.24, 2.45) is 0 Å². The minimum Gasteiger partial charge on any atom is -0.756 e. The average Bonchev–Trinajstić information content (AvgIpc) is 3.28. The maximum Gasteiger partial charge on any atom is 0.268 e. The third kappa shape index (κ3) is 51.4. The molecule has 0 heterocycles. The fraction of sp³-hybridized carbons (Fsp3) is 0.982. The molecule has 2 N–H and O–H groups in total. The van der Waals surface area contributed by atoms with Crippen LogP contribution in [0.4, 0.5) is 0 Å². The number of phosphoric ester groups is 1. The number of quaternary nitrogens is 1. The van der Waals surface area contributed by atoms with Gasteiger partial charge in [-0.2, -0.15) is 0 Å². The zero-order chi connectivity index (χ0) is 48.5. The molecule has 0 rings (SSSR count). The maximum absolute atomic E-state index is 12.8. The van der Waals surface area contributed by atoms with Crippen molar-refractivity contribution in [3.05, 3.63) is 0 Å². The molecule has 9 heteroatoms. The fourth-order valence-electron chi connectivity index (χ4n) is 9.22. The number of nitrogens with one attached hydrogen (secondary N) is 1. The molecule has 3 unspecified atom stereocenters. The van der Waals surface area contributed by atoms with Crippen LogP contribution >= 0.6 is 7.82 Å². The van der Waals surface area contributed by atoms with Gasteiger partial charge in [0.1, 0.15) is 13.2 Å². The summed E-state index contributed by atoms with van der Waals surface area (Å²) in [7, 11) is 1.31. The Labute approximate surface area is 412 Å². The van der Waals surface area contributed by atoms with Gasteiger partial charge in [0, 0.05) is 6.42 Å². The van der Waals surface area contributed by atoms with Crippen LogP contribution in [0.1, 0.15) is 309 Å². The number of aliphatic hydroxyl groups is 1. The number of unbranched alkanes of at least 4 members (excludes halogenated alkanes) is 42. The normalized spacial score (nSPS) is 13.9. The first kappa shape index (κ1) is 65.5. The van der Waals surface area contributed by atoms with Gasteiger partial charge in [-0.1, -0.05) is 290 Å². The predicted octanol–water partition coefficient (Wildman–Crippen LogP) is 17.0. The Morgan fingerprint density at radius 3 is 1.03 bits per heavy atom. The van der Waals surface area contributed by atoms with Gasteiger partial charge in [0.15, 0.2) is 0 Å². The first-order valence-electron chi connectivity index (χ1n) is 29.4. The molecule has 0 aliphatic rings. The van der Waals surface area contributed by atoms with E-state index in [1.807, 2.05) is 21.1 Å². The second kappa shape index (κ2) is 49.5. The van der Waals surface area contributed by atoms with Crippen LogP contribution in [0, 0.1) is 0 Å². The molecule has 3 atom stereocenters. The van der Waals surface area contributed by atoms with Gasteiger partial charge >= 0.3 is 0 Å². The van der Waals surface area contributed by atoms with Crippen LogP contribution in [0.15, 0.2) is 0 Å². The van der Waals surface area contributed by atoms with Crippen LogP contribution in [-0.2, 0) is 18.4 Å². The third-order valence-electron chi connectivity index (χ3n) is 13.8. The Morgan fingerprint density at radius 1 is 0.470 bits per heavy atom. The number of amides is 1. The van der Waals surface area contributed by atoms with Crippen LogP contribution in [0.2, 0.25) is 0 Å². The zero-order valence-corrected chi connectivity index (χ0v) is 46.1. The van der Waals surface area contributed by atoms with E-state index in [9.17, 15) is 19.4 Å². The summed E-state index contributed by atoms with van der Waals surface area (Å²) in [5.74, 6) is -0.167. The van der Waals surface area contributed by atoms with Crippen molar-refractivity contribution in [2.45, 2.75) is 321 Å². The molecule has 0 radical (unpaired) electrons. The first-order valence-corrected chi connectivity index (χ1v) is 30.8. The molecule has 8 nitrogen and oxygen atoms in total. The Bertz CT molecular complexity index is 1040. The summed E-state index contributed by atoms with van der Waals surface area (Å²) in [6.07, 6.45) is 59.8. The molecule has 0 aromatic carbocycles. The lowest BCUT2D eigenvalue weighted by atomic mass is 10.0. The van der Waals surface area contributed by atoms with Gasteiger partial charge in [-0.05, 0) is 12.8 Å². The molecule has 396 valence electrons. The predicted molar refractivity (Wildman–Crippen MR) is 284 cm³/mol. The number of carbonyl (C=O) groups is 1. The average molecular weight is 958 g/mol. The molecule has 0 spiro atoms. The summed E-state index contributed by atoms with van der Waals surface area (Å²) >= 11 is 0. The quantitative estimate of drug-likeness (QED) is 0.0357. The van der Waals surface area contributed by atoms with E-state index in [2.05, 4.69) is 19.2 Å². The summed E-state index contributed by atoms with van der Waals surface area (Å²) in [5, 5.41) is 13.7. The van der Waals surface area contributed by atoms with Crippen molar-refractivity contribution in [1.29, 1.82) is 0 Å². The highest BCUT2D eigenvalue weighted by Gasteiger charge is 2.24. The standard InChI is InChI=1S/C57H117N2O6P/c1-6-8-10-12-13-14-15-16-17-18-19-20-21-22-23-24-25-26-27-28-29-30-31-32-33-34-35-36-37-38-39-40-41-42-43-44-45-46-47-49-51-57(61)58-55(56(60)50-48-11-9-7-2)54-65-66(62,63)64-53-52-59(3,4)5/h55-56,60H,6-54H2,1-5H3,(H-,58,61,62,63). The lowest BCUT2D eigenvalue weighted by molar-refractivity contribution is -0.870. The van der Waals surface area contributed by atoms with Gasteiger partial charge in [0.2, 0.25) is 5.91 Å². The largest absolute Gasteiger partial charge is 0.756 e. The second-order valence-corrected chi connectivity index (χ2v) is 23.1. The Hall–Kier alpha value is -0.500. The van der Waals surface area contributed by atoms with Crippen molar-refractivity contribution >= 4 is 13.7 Å². The van der Waals surface area contributed by atoms with E-state index in [0.29, 0.717) is 23.9 Å². The van der Waals surface area contributed by atoms with Gasteiger partial charge in [-0.25, -0.2) is 0 Å². The molecular weight excluding hydrogens is 840 g/mol. The van der Waals surface area contributed by atoms with Crippen LogP contribution in [-0.4, -0.2) is 68.5 Å². The van der Waals surface area contributed by atoms with Crippen molar-refractivity contribution < 1.29 is 32.9 Å². The Balaban J connectivity index is 3.56. The SMILES string of the molecule is CCCCCCCCCCCCCCCCCCCCCCCCCCCCCCCCCCCCCCCCCCC(=O)NC(COP(=O)([O-])OCC[N+](C)(C)C)C(O)CCCCCC. The molecule has 0 aromatic rings. The molecule has 0 aliphatic heterocycles. The molecule has 1 amide bonds. The number of nitrogens with zero attached hydrogens (tertiary/aromatic N) is 1. The van der Waals surface area contributed by atoms with Gasteiger partial charge in [-0.15, -0.1) is 0 Å². The van der Waals surface area contributed by atoms with Crippen LogP contribution in [0.25, 0.3) is 0 Å². The van der Waals surface area contributed by atoms with E-state index in [1.54, 1.807) is 0 Å².